The predicted molar refractivity (Wildman–Crippen MR) is 141 cm³/mol. The third-order valence-electron chi connectivity index (χ3n) is 4.15. The number of amides is 1. The molecular formula is C21H12BrClIN3OS2. The highest BCUT2D eigenvalue weighted by Gasteiger charge is 2.15. The number of hydrogen-bond donors (Lipinski definition) is 2. The van der Waals surface area contributed by atoms with Crippen molar-refractivity contribution in [2.75, 3.05) is 5.32 Å². The highest BCUT2D eigenvalue weighted by molar-refractivity contribution is 14.1. The number of thiazole rings is 1. The number of carbonyl (C=O) groups is 1. The molecule has 9 heteroatoms. The summed E-state index contributed by atoms with van der Waals surface area (Å²) in [4.78, 5) is 17.3. The molecule has 0 saturated heterocycles. The number of anilines is 1. The number of carbonyl (C=O) groups excluding carboxylic acids is 1. The molecule has 4 nitrogen and oxygen atoms in total. The molecule has 4 rings (SSSR count). The van der Waals surface area contributed by atoms with E-state index in [2.05, 4.69) is 49.2 Å². The van der Waals surface area contributed by atoms with E-state index in [9.17, 15) is 4.79 Å². The third kappa shape index (κ3) is 4.83. The molecule has 0 bridgehead atoms. The average molecular weight is 629 g/mol. The Labute approximate surface area is 209 Å². The van der Waals surface area contributed by atoms with Crippen molar-refractivity contribution < 1.29 is 4.79 Å². The summed E-state index contributed by atoms with van der Waals surface area (Å²) in [6.45, 7) is 0. The zero-order valence-corrected chi connectivity index (χ0v) is 21.2. The largest absolute Gasteiger partial charge is 0.332 e. The lowest BCUT2D eigenvalue weighted by molar-refractivity contribution is 0.0978. The first-order valence-electron chi connectivity index (χ1n) is 8.63. The Morgan fingerprint density at radius 2 is 1.93 bits per heavy atom. The molecule has 0 saturated carbocycles. The first-order chi connectivity index (χ1) is 14.4. The van der Waals surface area contributed by atoms with Crippen LogP contribution in [-0.4, -0.2) is 16.0 Å². The van der Waals surface area contributed by atoms with Gasteiger partial charge in [-0.05, 0) is 83.3 Å². The molecule has 0 atom stereocenters. The quantitative estimate of drug-likeness (QED) is 0.188. The van der Waals surface area contributed by atoms with E-state index < -0.39 is 0 Å². The van der Waals surface area contributed by atoms with Crippen molar-refractivity contribution in [3.63, 3.8) is 0 Å². The van der Waals surface area contributed by atoms with Crippen LogP contribution in [0.4, 0.5) is 5.69 Å². The van der Waals surface area contributed by atoms with E-state index >= 15 is 0 Å². The highest BCUT2D eigenvalue weighted by Crippen LogP contribution is 2.36. The van der Waals surface area contributed by atoms with Crippen LogP contribution >= 0.6 is 73.7 Å². The minimum Gasteiger partial charge on any atom is -0.332 e. The van der Waals surface area contributed by atoms with E-state index in [1.165, 1.54) is 0 Å². The first-order valence-corrected chi connectivity index (χ1v) is 12.1. The molecule has 1 amide bonds. The summed E-state index contributed by atoms with van der Waals surface area (Å²) < 4.78 is 2.93. The maximum Gasteiger partial charge on any atom is 0.258 e. The van der Waals surface area contributed by atoms with E-state index in [0.29, 0.717) is 10.6 Å². The van der Waals surface area contributed by atoms with Crippen LogP contribution in [0.5, 0.6) is 0 Å². The number of hydrogen-bond acceptors (Lipinski definition) is 4. The van der Waals surface area contributed by atoms with Crippen LogP contribution in [0.25, 0.3) is 20.8 Å². The SMILES string of the molecule is O=C(NC(=S)Nc1ccc(Br)cc1-c1nc2ccccc2s1)c1cc(I)ccc1Cl. The van der Waals surface area contributed by atoms with Crippen molar-refractivity contribution in [3.05, 3.63) is 79.3 Å². The zero-order chi connectivity index (χ0) is 21.3. The summed E-state index contributed by atoms with van der Waals surface area (Å²) in [5, 5.41) is 7.22. The molecule has 1 aromatic heterocycles. The first kappa shape index (κ1) is 21.6. The summed E-state index contributed by atoms with van der Waals surface area (Å²) >= 11 is 18.8. The molecule has 0 aliphatic carbocycles. The van der Waals surface area contributed by atoms with Crippen LogP contribution in [-0.2, 0) is 0 Å². The molecule has 3 aromatic carbocycles. The fourth-order valence-corrected chi connectivity index (χ4v) is 5.04. The third-order valence-corrected chi connectivity index (χ3v) is 6.92. The van der Waals surface area contributed by atoms with Crippen LogP contribution in [0.15, 0.2) is 65.1 Å². The van der Waals surface area contributed by atoms with Crippen molar-refractivity contribution in [2.24, 2.45) is 0 Å². The van der Waals surface area contributed by atoms with Crippen molar-refractivity contribution in [1.29, 1.82) is 0 Å². The van der Waals surface area contributed by atoms with E-state index in [0.717, 1.165) is 34.5 Å². The van der Waals surface area contributed by atoms with Gasteiger partial charge in [0.2, 0.25) is 0 Å². The van der Waals surface area contributed by atoms with Crippen molar-refractivity contribution in [3.8, 4) is 10.6 Å². The van der Waals surface area contributed by atoms with Gasteiger partial charge in [0.25, 0.3) is 5.91 Å². The summed E-state index contributed by atoms with van der Waals surface area (Å²) in [7, 11) is 0. The van der Waals surface area contributed by atoms with Crippen LogP contribution < -0.4 is 10.6 Å². The highest BCUT2D eigenvalue weighted by atomic mass is 127. The smallest absolute Gasteiger partial charge is 0.258 e. The van der Waals surface area contributed by atoms with Gasteiger partial charge in [-0.2, -0.15) is 0 Å². The zero-order valence-electron chi connectivity index (χ0n) is 15.1. The number of rotatable bonds is 3. The van der Waals surface area contributed by atoms with Crippen LogP contribution in [0, 0.1) is 3.57 Å². The number of thiocarbonyl (C=S) groups is 1. The number of benzene rings is 3. The van der Waals surface area contributed by atoms with Gasteiger partial charge < -0.3 is 5.32 Å². The van der Waals surface area contributed by atoms with Gasteiger partial charge in [-0.15, -0.1) is 11.3 Å². The van der Waals surface area contributed by atoms with Gasteiger partial charge in [-0.25, -0.2) is 4.98 Å². The van der Waals surface area contributed by atoms with Crippen molar-refractivity contribution >= 4 is 101 Å². The molecular weight excluding hydrogens is 617 g/mol. The van der Waals surface area contributed by atoms with Gasteiger partial charge in [0.05, 0.1) is 26.5 Å². The fraction of sp³-hybridized carbons (Fsp3) is 0. The minimum atomic E-state index is -0.366. The second kappa shape index (κ2) is 9.27. The topological polar surface area (TPSA) is 54.0 Å². The number of para-hydroxylation sites is 1. The summed E-state index contributed by atoms with van der Waals surface area (Å²) in [5.41, 5.74) is 2.94. The summed E-state index contributed by atoms with van der Waals surface area (Å²) in [5.74, 6) is -0.366. The van der Waals surface area contributed by atoms with Crippen LogP contribution in [0.3, 0.4) is 0 Å². The molecule has 0 aliphatic rings. The van der Waals surface area contributed by atoms with Gasteiger partial charge in [-0.1, -0.05) is 39.7 Å². The fourth-order valence-electron chi connectivity index (χ4n) is 2.79. The van der Waals surface area contributed by atoms with Gasteiger partial charge in [0.15, 0.2) is 5.11 Å². The monoisotopic (exact) mass is 627 g/mol. The number of nitrogens with one attached hydrogen (secondary N) is 2. The Hall–Kier alpha value is -1.59. The standard InChI is InChI=1S/C21H12BrClIN3OS2/c22-11-5-8-16(14(9-11)20-25-17-3-1-2-4-18(17)30-20)26-21(29)27-19(28)13-10-12(24)6-7-15(13)23/h1-10H,(H2,26,27,28,29). The number of halogens is 3. The molecule has 2 N–H and O–H groups in total. The molecule has 1 heterocycles. The molecule has 0 radical (unpaired) electrons. The van der Waals surface area contributed by atoms with Crippen LogP contribution in [0.1, 0.15) is 10.4 Å². The van der Waals surface area contributed by atoms with Gasteiger partial charge in [0, 0.05) is 13.6 Å². The Morgan fingerprint density at radius 3 is 2.73 bits per heavy atom. The molecule has 150 valence electrons. The molecule has 0 fully saturated rings. The molecule has 4 aromatic rings. The molecule has 0 spiro atoms. The summed E-state index contributed by atoms with van der Waals surface area (Å²) in [6.07, 6.45) is 0. The predicted octanol–water partition coefficient (Wildman–Crippen LogP) is 7.11. The van der Waals surface area contributed by atoms with Gasteiger partial charge >= 0.3 is 0 Å². The Bertz CT molecular complexity index is 1260. The second-order valence-corrected chi connectivity index (χ2v) is 10.2. The van der Waals surface area contributed by atoms with Gasteiger partial charge in [-0.3, -0.25) is 10.1 Å². The van der Waals surface area contributed by atoms with Crippen molar-refractivity contribution in [1.82, 2.24) is 10.3 Å². The lowest BCUT2D eigenvalue weighted by Gasteiger charge is -2.13. The van der Waals surface area contributed by atoms with E-state index in [-0.39, 0.29) is 11.0 Å². The van der Waals surface area contributed by atoms with E-state index in [1.807, 2.05) is 48.5 Å². The lowest BCUT2D eigenvalue weighted by Crippen LogP contribution is -2.34. The molecule has 0 unspecified atom stereocenters. The molecule has 30 heavy (non-hydrogen) atoms. The Balaban J connectivity index is 1.59. The van der Waals surface area contributed by atoms with Crippen molar-refractivity contribution in [2.45, 2.75) is 0 Å². The lowest BCUT2D eigenvalue weighted by atomic mass is 10.2. The van der Waals surface area contributed by atoms with Crippen LogP contribution in [0.2, 0.25) is 5.02 Å². The normalized spacial score (nSPS) is 10.8. The summed E-state index contributed by atoms with van der Waals surface area (Å²) in [6, 6.07) is 19.0. The maximum absolute atomic E-state index is 12.6. The van der Waals surface area contributed by atoms with Gasteiger partial charge in [0.1, 0.15) is 5.01 Å². The molecule has 0 aliphatic heterocycles. The average Bonchev–Trinajstić information content (AvgIpc) is 3.15. The van der Waals surface area contributed by atoms with E-state index in [4.69, 9.17) is 28.8 Å². The van der Waals surface area contributed by atoms with E-state index in [1.54, 1.807) is 23.5 Å². The second-order valence-electron chi connectivity index (χ2n) is 6.21. The number of fused-ring (bicyclic) bond motifs is 1. The number of aromatic nitrogens is 1. The Morgan fingerprint density at radius 1 is 1.13 bits per heavy atom. The number of nitrogens with zero attached hydrogens (tertiary/aromatic N) is 1. The maximum atomic E-state index is 12.6. The minimum absolute atomic E-state index is 0.180. The Kier molecular flexibility index (Phi) is 6.69.